The molecule has 3 heterocycles. The van der Waals surface area contributed by atoms with Gasteiger partial charge in [0.25, 0.3) is 5.56 Å². The number of hydrogen-bond acceptors (Lipinski definition) is 4. The van der Waals surface area contributed by atoms with Crippen LogP contribution in [0.2, 0.25) is 5.02 Å². The van der Waals surface area contributed by atoms with Gasteiger partial charge in [0.2, 0.25) is 5.78 Å². The zero-order valence-corrected chi connectivity index (χ0v) is 18.3. The molecule has 0 saturated carbocycles. The lowest BCUT2D eigenvalue weighted by Gasteiger charge is -2.08. The molecular weight excluding hydrogens is 430 g/mol. The van der Waals surface area contributed by atoms with E-state index < -0.39 is 5.69 Å². The minimum absolute atomic E-state index is 0.195. The fourth-order valence-electron chi connectivity index (χ4n) is 4.27. The number of aryl methyl sites for hydroxylation is 2. The summed E-state index contributed by atoms with van der Waals surface area (Å²) in [4.78, 5) is 42.8. The highest BCUT2D eigenvalue weighted by Gasteiger charge is 2.21. The van der Waals surface area contributed by atoms with E-state index in [2.05, 4.69) is 10.1 Å². The summed E-state index contributed by atoms with van der Waals surface area (Å²) in [6.45, 7) is 3.92. The number of aromatic nitrogens is 5. The molecule has 0 fully saturated rings. The van der Waals surface area contributed by atoms with Crippen molar-refractivity contribution in [1.29, 1.82) is 0 Å². The number of benzene rings is 2. The minimum Gasteiger partial charge on any atom is -0.358 e. The number of aromatic amines is 1. The van der Waals surface area contributed by atoms with Gasteiger partial charge in [-0.05, 0) is 37.6 Å². The molecule has 0 aliphatic carbocycles. The Bertz CT molecular complexity index is 1650. The quantitative estimate of drug-likeness (QED) is 0.415. The van der Waals surface area contributed by atoms with Crippen LogP contribution < -0.4 is 11.2 Å². The average Bonchev–Trinajstić information content (AvgIpc) is 3.27. The maximum Gasteiger partial charge on any atom is 0.352 e. The molecule has 1 N–H and O–H groups in total. The molecule has 0 aliphatic heterocycles. The second-order valence-electron chi connectivity index (χ2n) is 7.79. The van der Waals surface area contributed by atoms with E-state index in [1.165, 1.54) is 8.97 Å². The Labute approximate surface area is 186 Å². The molecule has 9 heteroatoms. The van der Waals surface area contributed by atoms with Crippen molar-refractivity contribution in [3.05, 3.63) is 79.6 Å². The van der Waals surface area contributed by atoms with Crippen LogP contribution in [-0.4, -0.2) is 29.5 Å². The van der Waals surface area contributed by atoms with Crippen molar-refractivity contribution in [2.45, 2.75) is 33.4 Å². The Morgan fingerprint density at radius 2 is 1.91 bits per heavy atom. The predicted octanol–water partition coefficient (Wildman–Crippen LogP) is 3.55. The van der Waals surface area contributed by atoms with Crippen molar-refractivity contribution in [2.24, 2.45) is 0 Å². The van der Waals surface area contributed by atoms with Crippen molar-refractivity contribution in [3.63, 3.8) is 0 Å². The van der Waals surface area contributed by atoms with Crippen LogP contribution in [0.1, 0.15) is 29.4 Å². The van der Waals surface area contributed by atoms with Crippen molar-refractivity contribution < 1.29 is 4.79 Å². The van der Waals surface area contributed by atoms with Gasteiger partial charge in [-0.15, -0.1) is 5.10 Å². The predicted molar refractivity (Wildman–Crippen MR) is 124 cm³/mol. The smallest absolute Gasteiger partial charge is 0.352 e. The van der Waals surface area contributed by atoms with Gasteiger partial charge in [-0.1, -0.05) is 36.7 Å². The number of H-pyrrole nitrogens is 1. The molecule has 0 saturated heterocycles. The van der Waals surface area contributed by atoms with Gasteiger partial charge in [0, 0.05) is 33.7 Å². The zero-order chi connectivity index (χ0) is 22.6. The van der Waals surface area contributed by atoms with Gasteiger partial charge in [0.15, 0.2) is 5.78 Å². The highest BCUT2D eigenvalue weighted by molar-refractivity contribution is 6.31. The number of carbonyl (C=O) groups is 1. The zero-order valence-electron chi connectivity index (χ0n) is 17.6. The molecule has 0 aliphatic rings. The maximum absolute atomic E-state index is 13.3. The van der Waals surface area contributed by atoms with Crippen LogP contribution in [0.3, 0.4) is 0 Å². The van der Waals surface area contributed by atoms with Crippen LogP contribution >= 0.6 is 11.6 Å². The van der Waals surface area contributed by atoms with Gasteiger partial charge >= 0.3 is 5.69 Å². The summed E-state index contributed by atoms with van der Waals surface area (Å²) in [7, 11) is 0. The summed E-state index contributed by atoms with van der Waals surface area (Å²) in [6.07, 6.45) is 0.684. The van der Waals surface area contributed by atoms with Crippen LogP contribution in [0.15, 0.2) is 52.1 Å². The number of rotatable bonds is 5. The first-order valence-electron chi connectivity index (χ1n) is 10.3. The van der Waals surface area contributed by atoms with Crippen LogP contribution in [0.4, 0.5) is 0 Å². The molecule has 8 nitrogen and oxygen atoms in total. The second kappa shape index (κ2) is 7.49. The lowest BCUT2D eigenvalue weighted by Crippen LogP contribution is -2.27. The first kappa shape index (κ1) is 20.3. The molecule has 2 aromatic carbocycles. The maximum atomic E-state index is 13.3. The number of fused-ring (bicyclic) bond motifs is 4. The molecule has 0 unspecified atom stereocenters. The van der Waals surface area contributed by atoms with E-state index in [4.69, 9.17) is 11.6 Å². The Morgan fingerprint density at radius 3 is 2.69 bits per heavy atom. The third-order valence-electron chi connectivity index (χ3n) is 5.65. The molecule has 3 aromatic heterocycles. The lowest BCUT2D eigenvalue weighted by molar-refractivity contribution is 0.0967. The number of ketones is 1. The van der Waals surface area contributed by atoms with E-state index >= 15 is 0 Å². The number of halogens is 1. The molecule has 0 bridgehead atoms. The molecular formula is C23H20ClN5O3. The van der Waals surface area contributed by atoms with E-state index in [0.717, 1.165) is 21.3 Å². The molecule has 0 radical (unpaired) electrons. The number of carbonyl (C=O) groups excluding carboxylic acids is 1. The van der Waals surface area contributed by atoms with Crippen LogP contribution in [0.25, 0.3) is 27.6 Å². The molecule has 5 rings (SSSR count). The van der Waals surface area contributed by atoms with Crippen LogP contribution in [0, 0.1) is 6.92 Å². The molecule has 0 atom stereocenters. The van der Waals surface area contributed by atoms with Crippen LogP contribution in [-0.2, 0) is 13.1 Å². The van der Waals surface area contributed by atoms with Crippen LogP contribution in [0.5, 0.6) is 0 Å². The summed E-state index contributed by atoms with van der Waals surface area (Å²) in [6, 6.07) is 12.3. The fraction of sp³-hybridized carbons (Fsp3) is 0.217. The summed E-state index contributed by atoms with van der Waals surface area (Å²) in [5.74, 6) is -0.0442. The first-order chi connectivity index (χ1) is 15.4. The Kier molecular flexibility index (Phi) is 4.74. The standard InChI is InChI=1S/C23H20ClN5O3/c1-3-10-27-21(31)16-9-8-14(24)11-18(16)29-22(27)26-28(23(29)32)12-19(30)20-13(2)25-17-7-5-4-6-15(17)20/h4-9,11,25H,3,10,12H2,1-2H3. The highest BCUT2D eigenvalue weighted by Crippen LogP contribution is 2.23. The number of nitrogens with zero attached hydrogens (tertiary/aromatic N) is 4. The average molecular weight is 450 g/mol. The van der Waals surface area contributed by atoms with E-state index in [1.54, 1.807) is 18.2 Å². The fourth-order valence-corrected chi connectivity index (χ4v) is 4.43. The molecule has 5 aromatic rings. The lowest BCUT2D eigenvalue weighted by atomic mass is 10.1. The van der Waals surface area contributed by atoms with E-state index in [-0.39, 0.29) is 23.7 Å². The SMILES string of the molecule is CCCn1c(=O)c2ccc(Cl)cc2n2c(=O)n(CC(=O)c3c(C)[nH]c4ccccc34)nc12. The van der Waals surface area contributed by atoms with Gasteiger partial charge < -0.3 is 4.98 Å². The van der Waals surface area contributed by atoms with E-state index in [0.29, 0.717) is 34.5 Å². The van der Waals surface area contributed by atoms with Gasteiger partial charge in [-0.3, -0.25) is 14.2 Å². The Hall–Kier alpha value is -3.65. The number of hydrogen-bond donors (Lipinski definition) is 1. The monoisotopic (exact) mass is 449 g/mol. The first-order valence-corrected chi connectivity index (χ1v) is 10.7. The highest BCUT2D eigenvalue weighted by atomic mass is 35.5. The Balaban J connectivity index is 1.72. The third-order valence-corrected chi connectivity index (χ3v) is 5.89. The molecule has 32 heavy (non-hydrogen) atoms. The van der Waals surface area contributed by atoms with Crippen molar-refractivity contribution in [1.82, 2.24) is 23.7 Å². The van der Waals surface area contributed by atoms with E-state index in [1.807, 2.05) is 38.1 Å². The summed E-state index contributed by atoms with van der Waals surface area (Å²) >= 11 is 6.15. The normalized spacial score (nSPS) is 11.7. The topological polar surface area (TPSA) is 94.2 Å². The third kappa shape index (κ3) is 2.98. The molecule has 0 amide bonds. The number of para-hydroxylation sites is 1. The Morgan fingerprint density at radius 1 is 1.12 bits per heavy atom. The molecule has 0 spiro atoms. The number of nitrogens with one attached hydrogen (secondary N) is 1. The summed E-state index contributed by atoms with van der Waals surface area (Å²) in [5.41, 5.74) is 1.74. The van der Waals surface area contributed by atoms with Crippen molar-refractivity contribution in [3.8, 4) is 0 Å². The van der Waals surface area contributed by atoms with Gasteiger partial charge in [-0.25, -0.2) is 13.9 Å². The van der Waals surface area contributed by atoms with Gasteiger partial charge in [-0.2, -0.15) is 0 Å². The summed E-state index contributed by atoms with van der Waals surface area (Å²) in [5, 5.41) is 5.96. The second-order valence-corrected chi connectivity index (χ2v) is 8.22. The van der Waals surface area contributed by atoms with Crippen molar-refractivity contribution >= 4 is 45.0 Å². The van der Waals surface area contributed by atoms with Gasteiger partial charge in [0.05, 0.1) is 10.9 Å². The number of Topliss-reactive ketones (excluding diaryl/α,β-unsaturated/α-hetero) is 1. The molecule has 162 valence electrons. The largest absolute Gasteiger partial charge is 0.358 e. The van der Waals surface area contributed by atoms with Gasteiger partial charge in [0.1, 0.15) is 6.54 Å². The summed E-state index contributed by atoms with van der Waals surface area (Å²) < 4.78 is 3.94. The van der Waals surface area contributed by atoms with E-state index in [9.17, 15) is 14.4 Å². The minimum atomic E-state index is -0.497. The van der Waals surface area contributed by atoms with Crippen molar-refractivity contribution in [2.75, 3.05) is 0 Å².